The molecular weight excluding hydrogens is 246 g/mol. The Labute approximate surface area is 111 Å². The highest BCUT2D eigenvalue weighted by Gasteiger charge is 2.06. The van der Waals surface area contributed by atoms with E-state index >= 15 is 0 Å². The van der Waals surface area contributed by atoms with Crippen molar-refractivity contribution in [2.45, 2.75) is 6.42 Å². The molecule has 0 aromatic carbocycles. The minimum atomic E-state index is 0.218. The standard InChI is InChI=1S/C12H15N5O2/c1-18-11-15-10(16-12(17-11)19-2)14-7-5-9-4-3-6-13-8-9/h3-4,6,8H,5,7H2,1-2H3,(H,14,15,16,17). The number of aromatic nitrogens is 4. The molecule has 100 valence electrons. The van der Waals surface area contributed by atoms with Crippen LogP contribution < -0.4 is 14.8 Å². The molecule has 0 atom stereocenters. The van der Waals surface area contributed by atoms with Gasteiger partial charge in [-0.1, -0.05) is 6.07 Å². The van der Waals surface area contributed by atoms with Crippen LogP contribution in [-0.2, 0) is 6.42 Å². The van der Waals surface area contributed by atoms with Crippen molar-refractivity contribution >= 4 is 5.95 Å². The lowest BCUT2D eigenvalue weighted by Gasteiger charge is -2.07. The number of ether oxygens (including phenoxy) is 2. The summed E-state index contributed by atoms with van der Waals surface area (Å²) < 4.78 is 9.94. The van der Waals surface area contributed by atoms with E-state index in [-0.39, 0.29) is 12.0 Å². The molecule has 0 aliphatic carbocycles. The van der Waals surface area contributed by atoms with Crippen molar-refractivity contribution in [2.24, 2.45) is 0 Å². The number of hydrogen-bond acceptors (Lipinski definition) is 7. The summed E-state index contributed by atoms with van der Waals surface area (Å²) in [5.74, 6) is 0.424. The average molecular weight is 261 g/mol. The highest BCUT2D eigenvalue weighted by atomic mass is 16.5. The van der Waals surface area contributed by atoms with Gasteiger partial charge in [0.1, 0.15) is 0 Å². The normalized spacial score (nSPS) is 10.0. The van der Waals surface area contributed by atoms with E-state index < -0.39 is 0 Å². The first-order valence-corrected chi connectivity index (χ1v) is 5.78. The molecule has 2 heterocycles. The van der Waals surface area contributed by atoms with Gasteiger partial charge in [0.05, 0.1) is 14.2 Å². The maximum absolute atomic E-state index is 4.97. The first-order chi connectivity index (χ1) is 9.31. The average Bonchev–Trinajstić information content (AvgIpc) is 2.48. The second-order valence-corrected chi connectivity index (χ2v) is 3.67. The van der Waals surface area contributed by atoms with Gasteiger partial charge in [-0.15, -0.1) is 4.98 Å². The molecule has 7 heteroatoms. The summed E-state index contributed by atoms with van der Waals surface area (Å²) in [5, 5.41) is 3.09. The van der Waals surface area contributed by atoms with Crippen LogP contribution in [-0.4, -0.2) is 40.7 Å². The largest absolute Gasteiger partial charge is 0.467 e. The number of nitrogens with zero attached hydrogens (tertiary/aromatic N) is 4. The van der Waals surface area contributed by atoms with Gasteiger partial charge in [-0.2, -0.15) is 9.97 Å². The fourth-order valence-electron chi connectivity index (χ4n) is 1.46. The first-order valence-electron chi connectivity index (χ1n) is 5.78. The van der Waals surface area contributed by atoms with Crippen LogP contribution in [0.5, 0.6) is 12.0 Å². The van der Waals surface area contributed by atoms with Crippen LogP contribution in [0.4, 0.5) is 5.95 Å². The number of pyridine rings is 1. The van der Waals surface area contributed by atoms with E-state index in [0.29, 0.717) is 12.5 Å². The molecule has 0 fully saturated rings. The Balaban J connectivity index is 1.95. The van der Waals surface area contributed by atoms with Gasteiger partial charge in [-0.25, -0.2) is 0 Å². The lowest BCUT2D eigenvalue weighted by atomic mass is 10.2. The van der Waals surface area contributed by atoms with Crippen LogP contribution in [0.25, 0.3) is 0 Å². The number of rotatable bonds is 6. The predicted octanol–water partition coefficient (Wildman–Crippen LogP) is 0.938. The molecule has 0 radical (unpaired) electrons. The number of hydrogen-bond donors (Lipinski definition) is 1. The van der Waals surface area contributed by atoms with Gasteiger partial charge in [0.15, 0.2) is 0 Å². The van der Waals surface area contributed by atoms with Crippen molar-refractivity contribution in [1.82, 2.24) is 19.9 Å². The molecule has 0 aliphatic heterocycles. The second kappa shape index (κ2) is 6.48. The van der Waals surface area contributed by atoms with E-state index in [1.807, 2.05) is 18.3 Å². The van der Waals surface area contributed by atoms with Crippen LogP contribution in [0.15, 0.2) is 24.5 Å². The van der Waals surface area contributed by atoms with E-state index in [0.717, 1.165) is 12.0 Å². The Morgan fingerprint density at radius 2 is 1.84 bits per heavy atom. The van der Waals surface area contributed by atoms with E-state index in [9.17, 15) is 0 Å². The van der Waals surface area contributed by atoms with Crippen LogP contribution in [0.1, 0.15) is 5.56 Å². The number of nitrogens with one attached hydrogen (secondary N) is 1. The Hall–Kier alpha value is -2.44. The molecule has 0 saturated heterocycles. The molecule has 2 aromatic heterocycles. The molecule has 0 aliphatic rings. The van der Waals surface area contributed by atoms with Gasteiger partial charge in [0.2, 0.25) is 5.95 Å². The summed E-state index contributed by atoms with van der Waals surface area (Å²) >= 11 is 0. The summed E-state index contributed by atoms with van der Waals surface area (Å²) in [6.45, 7) is 0.683. The summed E-state index contributed by atoms with van der Waals surface area (Å²) in [4.78, 5) is 16.1. The molecule has 1 N–H and O–H groups in total. The fraction of sp³-hybridized carbons (Fsp3) is 0.333. The summed E-state index contributed by atoms with van der Waals surface area (Å²) in [5.41, 5.74) is 1.14. The summed E-state index contributed by atoms with van der Waals surface area (Å²) in [6, 6.07) is 4.36. The fourth-order valence-corrected chi connectivity index (χ4v) is 1.46. The van der Waals surface area contributed by atoms with Crippen molar-refractivity contribution in [3.8, 4) is 12.0 Å². The molecule has 2 rings (SSSR count). The Morgan fingerprint density at radius 1 is 1.11 bits per heavy atom. The van der Waals surface area contributed by atoms with Crippen molar-refractivity contribution in [3.63, 3.8) is 0 Å². The van der Waals surface area contributed by atoms with E-state index in [4.69, 9.17) is 9.47 Å². The zero-order chi connectivity index (χ0) is 13.5. The maximum atomic E-state index is 4.97. The highest BCUT2D eigenvalue weighted by molar-refractivity contribution is 5.28. The minimum absolute atomic E-state index is 0.218. The second-order valence-electron chi connectivity index (χ2n) is 3.67. The molecule has 19 heavy (non-hydrogen) atoms. The van der Waals surface area contributed by atoms with Gasteiger partial charge in [0, 0.05) is 18.9 Å². The molecule has 0 spiro atoms. The topological polar surface area (TPSA) is 82.0 Å². The minimum Gasteiger partial charge on any atom is -0.467 e. The lowest BCUT2D eigenvalue weighted by Crippen LogP contribution is -2.10. The Kier molecular flexibility index (Phi) is 4.44. The summed E-state index contributed by atoms with van der Waals surface area (Å²) in [6.07, 6.45) is 4.40. The van der Waals surface area contributed by atoms with Gasteiger partial charge in [-0.05, 0) is 18.1 Å². The lowest BCUT2D eigenvalue weighted by molar-refractivity contribution is 0.341. The van der Waals surface area contributed by atoms with Gasteiger partial charge in [0.25, 0.3) is 0 Å². The zero-order valence-corrected chi connectivity index (χ0v) is 10.8. The SMILES string of the molecule is COc1nc(NCCc2cccnc2)nc(OC)n1. The van der Waals surface area contributed by atoms with Gasteiger partial charge < -0.3 is 14.8 Å². The van der Waals surface area contributed by atoms with Gasteiger partial charge >= 0.3 is 12.0 Å². The number of anilines is 1. The molecule has 0 unspecified atom stereocenters. The van der Waals surface area contributed by atoms with Crippen molar-refractivity contribution < 1.29 is 9.47 Å². The molecule has 0 saturated carbocycles. The van der Waals surface area contributed by atoms with Crippen LogP contribution in [0.3, 0.4) is 0 Å². The third kappa shape index (κ3) is 3.77. The molecule has 0 amide bonds. The maximum Gasteiger partial charge on any atom is 0.324 e. The predicted molar refractivity (Wildman–Crippen MR) is 69.4 cm³/mol. The smallest absolute Gasteiger partial charge is 0.324 e. The van der Waals surface area contributed by atoms with E-state index in [1.54, 1.807) is 6.20 Å². The van der Waals surface area contributed by atoms with E-state index in [2.05, 4.69) is 25.3 Å². The highest BCUT2D eigenvalue weighted by Crippen LogP contribution is 2.11. The quantitative estimate of drug-likeness (QED) is 0.828. The Bertz CT molecular complexity index is 499. The molecule has 7 nitrogen and oxygen atoms in total. The summed E-state index contributed by atoms with van der Waals surface area (Å²) in [7, 11) is 2.99. The third-order valence-corrected chi connectivity index (χ3v) is 2.38. The van der Waals surface area contributed by atoms with Crippen molar-refractivity contribution in [2.75, 3.05) is 26.1 Å². The zero-order valence-electron chi connectivity index (χ0n) is 10.8. The molecular formula is C12H15N5O2. The number of methoxy groups -OCH3 is 2. The van der Waals surface area contributed by atoms with Gasteiger partial charge in [-0.3, -0.25) is 4.98 Å². The van der Waals surface area contributed by atoms with Crippen LogP contribution >= 0.6 is 0 Å². The van der Waals surface area contributed by atoms with Crippen LogP contribution in [0, 0.1) is 0 Å². The van der Waals surface area contributed by atoms with Crippen LogP contribution in [0.2, 0.25) is 0 Å². The van der Waals surface area contributed by atoms with E-state index in [1.165, 1.54) is 14.2 Å². The third-order valence-electron chi connectivity index (χ3n) is 2.38. The monoisotopic (exact) mass is 261 g/mol. The molecule has 0 bridgehead atoms. The van der Waals surface area contributed by atoms with Crippen molar-refractivity contribution in [1.29, 1.82) is 0 Å². The van der Waals surface area contributed by atoms with Crippen molar-refractivity contribution in [3.05, 3.63) is 30.1 Å². The Morgan fingerprint density at radius 3 is 2.42 bits per heavy atom. The molecule has 2 aromatic rings. The first kappa shape index (κ1) is 13.0.